The van der Waals surface area contributed by atoms with E-state index in [2.05, 4.69) is 34.9 Å². The largest absolute Gasteiger partial charge is 0.488 e. The van der Waals surface area contributed by atoms with Crippen molar-refractivity contribution < 1.29 is 4.74 Å². The maximum atomic E-state index is 6.10. The quantitative estimate of drug-likeness (QED) is 0.795. The van der Waals surface area contributed by atoms with Crippen LogP contribution >= 0.6 is 11.6 Å². The summed E-state index contributed by atoms with van der Waals surface area (Å²) < 4.78 is 6.10. The molecule has 0 N–H and O–H groups in total. The highest BCUT2D eigenvalue weighted by atomic mass is 35.5. The predicted molar refractivity (Wildman–Crippen MR) is 87.5 cm³/mol. The van der Waals surface area contributed by atoms with E-state index in [4.69, 9.17) is 16.3 Å². The van der Waals surface area contributed by atoms with Crippen LogP contribution < -0.4 is 4.74 Å². The molecule has 1 aromatic rings. The molecule has 3 rings (SSSR count). The standard InChI is InChI=1S/C17H25ClN2O/c1-14-3-4-17-15(11-14)12-16(21-17)13-20-7-2-6-19(8-5-18)9-10-20/h3-4,11,16H,2,5-10,12-13H2,1H3. The summed E-state index contributed by atoms with van der Waals surface area (Å²) >= 11 is 5.85. The van der Waals surface area contributed by atoms with Crippen LogP contribution in [0.4, 0.5) is 0 Å². The second kappa shape index (κ2) is 6.99. The Hall–Kier alpha value is -0.770. The number of alkyl halides is 1. The lowest BCUT2D eigenvalue weighted by Gasteiger charge is -2.24. The van der Waals surface area contributed by atoms with Crippen molar-refractivity contribution in [1.82, 2.24) is 9.80 Å². The summed E-state index contributed by atoms with van der Waals surface area (Å²) in [5, 5.41) is 0. The summed E-state index contributed by atoms with van der Waals surface area (Å²) in [5.74, 6) is 1.82. The fourth-order valence-electron chi connectivity index (χ4n) is 3.39. The highest BCUT2D eigenvalue weighted by Crippen LogP contribution is 2.29. The molecule has 0 aliphatic carbocycles. The van der Waals surface area contributed by atoms with Crippen molar-refractivity contribution in [2.45, 2.75) is 25.9 Å². The fraction of sp³-hybridized carbons (Fsp3) is 0.647. The molecule has 1 aromatic carbocycles. The molecule has 1 unspecified atom stereocenters. The molecule has 21 heavy (non-hydrogen) atoms. The molecule has 1 saturated heterocycles. The molecule has 4 heteroatoms. The topological polar surface area (TPSA) is 15.7 Å². The molecule has 2 aliphatic heterocycles. The van der Waals surface area contributed by atoms with Gasteiger partial charge in [0, 0.05) is 38.5 Å². The van der Waals surface area contributed by atoms with Gasteiger partial charge >= 0.3 is 0 Å². The van der Waals surface area contributed by atoms with E-state index in [9.17, 15) is 0 Å². The van der Waals surface area contributed by atoms with Crippen molar-refractivity contribution in [2.24, 2.45) is 0 Å². The third-order valence-corrected chi connectivity index (χ3v) is 4.67. The van der Waals surface area contributed by atoms with Gasteiger partial charge in [0.25, 0.3) is 0 Å². The van der Waals surface area contributed by atoms with E-state index in [1.165, 1.54) is 30.6 Å². The molecule has 2 aliphatic rings. The van der Waals surface area contributed by atoms with E-state index in [-0.39, 0.29) is 0 Å². The maximum Gasteiger partial charge on any atom is 0.123 e. The monoisotopic (exact) mass is 308 g/mol. The molecule has 116 valence electrons. The van der Waals surface area contributed by atoms with E-state index in [0.717, 1.165) is 44.2 Å². The normalized spacial score (nSPS) is 23.6. The maximum absolute atomic E-state index is 6.10. The van der Waals surface area contributed by atoms with Crippen LogP contribution in [0.5, 0.6) is 5.75 Å². The van der Waals surface area contributed by atoms with Gasteiger partial charge in [-0.15, -0.1) is 11.6 Å². The van der Waals surface area contributed by atoms with E-state index < -0.39 is 0 Å². The van der Waals surface area contributed by atoms with E-state index >= 15 is 0 Å². The first-order valence-corrected chi connectivity index (χ1v) is 8.55. The van der Waals surface area contributed by atoms with Crippen LogP contribution in [0.2, 0.25) is 0 Å². The number of rotatable bonds is 4. The number of halogens is 1. The number of ether oxygens (including phenoxy) is 1. The first-order chi connectivity index (χ1) is 10.2. The zero-order chi connectivity index (χ0) is 14.7. The molecule has 0 spiro atoms. The Balaban J connectivity index is 1.52. The first kappa shape index (κ1) is 15.1. The van der Waals surface area contributed by atoms with Crippen LogP contribution in [0.1, 0.15) is 17.5 Å². The molecular weight excluding hydrogens is 284 g/mol. The smallest absolute Gasteiger partial charge is 0.123 e. The zero-order valence-corrected chi connectivity index (χ0v) is 13.6. The number of fused-ring (bicyclic) bond motifs is 1. The molecule has 0 saturated carbocycles. The molecule has 1 atom stereocenters. The van der Waals surface area contributed by atoms with Crippen molar-refractivity contribution in [3.05, 3.63) is 29.3 Å². The van der Waals surface area contributed by atoms with Crippen molar-refractivity contribution in [3.8, 4) is 5.75 Å². The lowest BCUT2D eigenvalue weighted by Crippen LogP contribution is -2.37. The third-order valence-electron chi connectivity index (χ3n) is 4.50. The van der Waals surface area contributed by atoms with E-state index in [1.807, 2.05) is 0 Å². The van der Waals surface area contributed by atoms with Crippen molar-refractivity contribution in [3.63, 3.8) is 0 Å². The summed E-state index contributed by atoms with van der Waals surface area (Å²) in [6.45, 7) is 8.82. The van der Waals surface area contributed by atoms with Crippen LogP contribution in [0.3, 0.4) is 0 Å². The Bertz CT molecular complexity index is 480. The van der Waals surface area contributed by atoms with E-state index in [0.29, 0.717) is 6.10 Å². The Morgan fingerprint density at radius 2 is 2.00 bits per heavy atom. The summed E-state index contributed by atoms with van der Waals surface area (Å²) in [5.41, 5.74) is 2.70. The molecule has 0 aromatic heterocycles. The lowest BCUT2D eigenvalue weighted by molar-refractivity contribution is 0.152. The minimum absolute atomic E-state index is 0.321. The summed E-state index contributed by atoms with van der Waals surface area (Å²) in [6.07, 6.45) is 2.61. The lowest BCUT2D eigenvalue weighted by atomic mass is 10.1. The molecule has 3 nitrogen and oxygen atoms in total. The highest BCUT2D eigenvalue weighted by molar-refractivity contribution is 6.18. The van der Waals surface area contributed by atoms with Gasteiger partial charge in [0.2, 0.25) is 0 Å². The van der Waals surface area contributed by atoms with Gasteiger partial charge in [0.1, 0.15) is 11.9 Å². The van der Waals surface area contributed by atoms with Gasteiger partial charge < -0.3 is 9.64 Å². The average molecular weight is 309 g/mol. The van der Waals surface area contributed by atoms with Gasteiger partial charge in [0.05, 0.1) is 0 Å². The third kappa shape index (κ3) is 3.91. The minimum atomic E-state index is 0.321. The van der Waals surface area contributed by atoms with Gasteiger partial charge in [-0.25, -0.2) is 0 Å². The Morgan fingerprint density at radius 1 is 1.19 bits per heavy atom. The highest BCUT2D eigenvalue weighted by Gasteiger charge is 2.25. The van der Waals surface area contributed by atoms with Gasteiger partial charge in [-0.1, -0.05) is 17.7 Å². The van der Waals surface area contributed by atoms with Gasteiger partial charge in [-0.05, 0) is 38.1 Å². The molecular formula is C17H25ClN2O. The number of benzene rings is 1. The molecule has 0 bridgehead atoms. The van der Waals surface area contributed by atoms with Crippen LogP contribution in [-0.4, -0.2) is 61.1 Å². The Kier molecular flexibility index (Phi) is 5.04. The summed E-state index contributed by atoms with van der Waals surface area (Å²) in [7, 11) is 0. The first-order valence-electron chi connectivity index (χ1n) is 8.01. The fourth-order valence-corrected chi connectivity index (χ4v) is 3.63. The zero-order valence-electron chi connectivity index (χ0n) is 12.9. The number of aryl methyl sites for hydroxylation is 1. The summed E-state index contributed by atoms with van der Waals surface area (Å²) in [6, 6.07) is 6.52. The van der Waals surface area contributed by atoms with Crippen LogP contribution in [-0.2, 0) is 6.42 Å². The van der Waals surface area contributed by atoms with Crippen molar-refractivity contribution in [1.29, 1.82) is 0 Å². The van der Waals surface area contributed by atoms with E-state index in [1.54, 1.807) is 0 Å². The van der Waals surface area contributed by atoms with Gasteiger partial charge in [0.15, 0.2) is 0 Å². The molecule has 0 amide bonds. The second-order valence-corrected chi connectivity index (χ2v) is 6.62. The van der Waals surface area contributed by atoms with Crippen molar-refractivity contribution >= 4 is 11.6 Å². The molecule has 0 radical (unpaired) electrons. The molecule has 1 fully saturated rings. The predicted octanol–water partition coefficient (Wildman–Crippen LogP) is 2.55. The second-order valence-electron chi connectivity index (χ2n) is 6.24. The summed E-state index contributed by atoms with van der Waals surface area (Å²) in [4.78, 5) is 5.03. The van der Waals surface area contributed by atoms with Gasteiger partial charge in [-0.2, -0.15) is 0 Å². The van der Waals surface area contributed by atoms with Crippen LogP contribution in [0.25, 0.3) is 0 Å². The van der Waals surface area contributed by atoms with Gasteiger partial charge in [-0.3, -0.25) is 4.90 Å². The van der Waals surface area contributed by atoms with Crippen LogP contribution in [0, 0.1) is 6.92 Å². The Labute approximate surface area is 132 Å². The SMILES string of the molecule is Cc1ccc2c(c1)CC(CN1CCCN(CCCl)CC1)O2. The Morgan fingerprint density at radius 3 is 2.86 bits per heavy atom. The number of hydrogen-bond donors (Lipinski definition) is 0. The van der Waals surface area contributed by atoms with Crippen LogP contribution in [0.15, 0.2) is 18.2 Å². The van der Waals surface area contributed by atoms with Crippen molar-refractivity contribution in [2.75, 3.05) is 45.1 Å². The number of hydrogen-bond acceptors (Lipinski definition) is 3. The minimum Gasteiger partial charge on any atom is -0.488 e. The number of nitrogens with zero attached hydrogens (tertiary/aromatic N) is 2. The molecule has 2 heterocycles. The average Bonchev–Trinajstić information content (AvgIpc) is 2.72.